The second-order valence-electron chi connectivity index (χ2n) is 4.94. The van der Waals surface area contributed by atoms with Crippen molar-refractivity contribution < 1.29 is 9.90 Å². The van der Waals surface area contributed by atoms with Crippen LogP contribution in [0.25, 0.3) is 0 Å². The normalized spacial score (nSPS) is 23.7. The number of rotatable bonds is 3. The van der Waals surface area contributed by atoms with Crippen LogP contribution in [0.5, 0.6) is 0 Å². The third-order valence-electron chi connectivity index (χ3n) is 3.48. The molecule has 0 radical (unpaired) electrons. The van der Waals surface area contributed by atoms with Gasteiger partial charge in [0.1, 0.15) is 0 Å². The van der Waals surface area contributed by atoms with Gasteiger partial charge in [-0.15, -0.1) is 0 Å². The fraction of sp³-hybridized carbons (Fsp3) is 0.500. The highest BCUT2D eigenvalue weighted by Crippen LogP contribution is 2.17. The summed E-state index contributed by atoms with van der Waals surface area (Å²) in [5, 5.41) is 12.1. The van der Waals surface area contributed by atoms with Crippen molar-refractivity contribution >= 4 is 5.91 Å². The minimum atomic E-state index is -0.0641. The van der Waals surface area contributed by atoms with Crippen molar-refractivity contribution in [2.24, 2.45) is 5.73 Å². The van der Waals surface area contributed by atoms with Gasteiger partial charge < -0.3 is 16.2 Å². The van der Waals surface area contributed by atoms with Crippen molar-refractivity contribution in [3.63, 3.8) is 0 Å². The van der Waals surface area contributed by atoms with E-state index in [-0.39, 0.29) is 24.6 Å². The maximum absolute atomic E-state index is 12.0. The predicted octanol–water partition coefficient (Wildman–Crippen LogP) is 1.18. The molecule has 1 fully saturated rings. The predicted molar refractivity (Wildman–Crippen MR) is 70.1 cm³/mol. The van der Waals surface area contributed by atoms with Crippen molar-refractivity contribution in [2.75, 3.05) is 0 Å². The molecule has 0 saturated heterocycles. The molecule has 1 saturated carbocycles. The Morgan fingerprint density at radius 3 is 2.72 bits per heavy atom. The van der Waals surface area contributed by atoms with Crippen molar-refractivity contribution in [3.8, 4) is 0 Å². The van der Waals surface area contributed by atoms with E-state index in [1.165, 1.54) is 0 Å². The summed E-state index contributed by atoms with van der Waals surface area (Å²) in [5.41, 5.74) is 7.20. The molecular formula is C14H20N2O2. The van der Waals surface area contributed by atoms with Gasteiger partial charge in [-0.25, -0.2) is 0 Å². The minimum absolute atomic E-state index is 0.0423. The van der Waals surface area contributed by atoms with Crippen LogP contribution in [0, 0.1) is 0 Å². The largest absolute Gasteiger partial charge is 0.392 e. The van der Waals surface area contributed by atoms with E-state index in [1.54, 1.807) is 24.3 Å². The van der Waals surface area contributed by atoms with Gasteiger partial charge in [0.15, 0.2) is 0 Å². The number of carbonyl (C=O) groups is 1. The third kappa shape index (κ3) is 3.31. The Hall–Kier alpha value is -1.39. The van der Waals surface area contributed by atoms with Gasteiger partial charge in [0.2, 0.25) is 0 Å². The molecule has 4 heteroatoms. The summed E-state index contributed by atoms with van der Waals surface area (Å²) in [6.45, 7) is -0.0423. The molecule has 0 aliphatic heterocycles. The van der Waals surface area contributed by atoms with Crippen LogP contribution in [0.2, 0.25) is 0 Å². The van der Waals surface area contributed by atoms with Crippen LogP contribution < -0.4 is 11.1 Å². The molecule has 1 aliphatic carbocycles. The van der Waals surface area contributed by atoms with Gasteiger partial charge in [0.25, 0.3) is 5.91 Å². The maximum Gasteiger partial charge on any atom is 0.251 e. The van der Waals surface area contributed by atoms with Crippen LogP contribution in [-0.2, 0) is 6.61 Å². The molecule has 1 aromatic carbocycles. The Morgan fingerprint density at radius 1 is 1.33 bits per heavy atom. The van der Waals surface area contributed by atoms with E-state index in [0.29, 0.717) is 5.56 Å². The molecule has 0 aromatic heterocycles. The first-order chi connectivity index (χ1) is 8.69. The van der Waals surface area contributed by atoms with Gasteiger partial charge in [-0.1, -0.05) is 12.1 Å². The molecule has 0 spiro atoms. The van der Waals surface area contributed by atoms with Crippen molar-refractivity contribution in [2.45, 2.75) is 44.4 Å². The van der Waals surface area contributed by atoms with E-state index in [4.69, 9.17) is 10.8 Å². The van der Waals surface area contributed by atoms with Crippen molar-refractivity contribution in [1.29, 1.82) is 0 Å². The Morgan fingerprint density at radius 2 is 2.06 bits per heavy atom. The van der Waals surface area contributed by atoms with Crippen LogP contribution in [-0.4, -0.2) is 23.1 Å². The first kappa shape index (κ1) is 13.1. The lowest BCUT2D eigenvalue weighted by Gasteiger charge is -2.26. The number of hydrogen-bond donors (Lipinski definition) is 3. The Balaban J connectivity index is 1.94. The van der Waals surface area contributed by atoms with Gasteiger partial charge in [-0.05, 0) is 43.4 Å². The summed E-state index contributed by atoms with van der Waals surface area (Å²) >= 11 is 0. The lowest BCUT2D eigenvalue weighted by atomic mass is 9.91. The SMILES string of the molecule is NC1CCC(NC(=O)c2cccc(CO)c2)CC1. The van der Waals surface area contributed by atoms with Gasteiger partial charge in [-0.2, -0.15) is 0 Å². The first-order valence-electron chi connectivity index (χ1n) is 6.45. The van der Waals surface area contributed by atoms with Crippen molar-refractivity contribution in [1.82, 2.24) is 5.32 Å². The molecule has 1 aliphatic rings. The number of benzene rings is 1. The van der Waals surface area contributed by atoms with Gasteiger partial charge in [-0.3, -0.25) is 4.79 Å². The number of amides is 1. The lowest BCUT2D eigenvalue weighted by Crippen LogP contribution is -2.40. The van der Waals surface area contributed by atoms with Crippen LogP contribution in [0.3, 0.4) is 0 Å². The summed E-state index contributed by atoms with van der Waals surface area (Å²) < 4.78 is 0. The summed E-state index contributed by atoms with van der Waals surface area (Å²) in [4.78, 5) is 12.0. The fourth-order valence-corrected chi connectivity index (χ4v) is 2.34. The fourth-order valence-electron chi connectivity index (χ4n) is 2.34. The standard InChI is InChI=1S/C14H20N2O2/c15-12-4-6-13(7-5-12)16-14(18)11-3-1-2-10(8-11)9-17/h1-3,8,12-13,17H,4-7,9,15H2,(H,16,18). The van der Waals surface area contributed by atoms with E-state index in [2.05, 4.69) is 5.32 Å². The van der Waals surface area contributed by atoms with Gasteiger partial charge in [0.05, 0.1) is 6.61 Å². The zero-order chi connectivity index (χ0) is 13.0. The first-order valence-corrected chi connectivity index (χ1v) is 6.45. The second kappa shape index (κ2) is 5.98. The lowest BCUT2D eigenvalue weighted by molar-refractivity contribution is 0.0925. The van der Waals surface area contributed by atoms with Crippen molar-refractivity contribution in [3.05, 3.63) is 35.4 Å². The highest BCUT2D eigenvalue weighted by atomic mass is 16.3. The van der Waals surface area contributed by atoms with E-state index in [9.17, 15) is 4.79 Å². The molecule has 98 valence electrons. The van der Waals surface area contributed by atoms with E-state index < -0.39 is 0 Å². The second-order valence-corrected chi connectivity index (χ2v) is 4.94. The number of hydrogen-bond acceptors (Lipinski definition) is 3. The molecule has 0 atom stereocenters. The molecule has 0 heterocycles. The average molecular weight is 248 g/mol. The molecular weight excluding hydrogens is 228 g/mol. The van der Waals surface area contributed by atoms with Crippen LogP contribution in [0.1, 0.15) is 41.6 Å². The van der Waals surface area contributed by atoms with Gasteiger partial charge >= 0.3 is 0 Å². The zero-order valence-electron chi connectivity index (χ0n) is 10.4. The topological polar surface area (TPSA) is 75.3 Å². The summed E-state index contributed by atoms with van der Waals surface area (Å²) in [5.74, 6) is -0.0641. The molecule has 18 heavy (non-hydrogen) atoms. The molecule has 1 amide bonds. The highest BCUT2D eigenvalue weighted by Gasteiger charge is 2.20. The number of nitrogens with one attached hydrogen (secondary N) is 1. The molecule has 4 N–H and O–H groups in total. The number of aliphatic hydroxyl groups is 1. The third-order valence-corrected chi connectivity index (χ3v) is 3.48. The molecule has 0 unspecified atom stereocenters. The van der Waals surface area contributed by atoms with Crippen LogP contribution in [0.4, 0.5) is 0 Å². The Labute approximate surface area is 107 Å². The minimum Gasteiger partial charge on any atom is -0.392 e. The maximum atomic E-state index is 12.0. The smallest absolute Gasteiger partial charge is 0.251 e. The molecule has 0 bridgehead atoms. The monoisotopic (exact) mass is 248 g/mol. The zero-order valence-corrected chi connectivity index (χ0v) is 10.4. The van der Waals surface area contributed by atoms with E-state index in [1.807, 2.05) is 0 Å². The summed E-state index contributed by atoms with van der Waals surface area (Å²) in [7, 11) is 0. The molecule has 4 nitrogen and oxygen atoms in total. The Kier molecular flexibility index (Phi) is 4.33. The molecule has 1 aromatic rings. The summed E-state index contributed by atoms with van der Waals surface area (Å²) in [6, 6.07) is 7.60. The average Bonchev–Trinajstić information content (AvgIpc) is 2.41. The van der Waals surface area contributed by atoms with E-state index >= 15 is 0 Å². The number of nitrogens with two attached hydrogens (primary N) is 1. The Bertz CT molecular complexity index is 412. The highest BCUT2D eigenvalue weighted by molar-refractivity contribution is 5.94. The number of aliphatic hydroxyl groups excluding tert-OH is 1. The van der Waals surface area contributed by atoms with Gasteiger partial charge in [0, 0.05) is 17.6 Å². The quantitative estimate of drug-likeness (QED) is 0.752. The van der Waals surface area contributed by atoms with Crippen LogP contribution >= 0.6 is 0 Å². The van der Waals surface area contributed by atoms with Crippen LogP contribution in [0.15, 0.2) is 24.3 Å². The summed E-state index contributed by atoms with van der Waals surface area (Å²) in [6.07, 6.45) is 3.85. The van der Waals surface area contributed by atoms with E-state index in [0.717, 1.165) is 31.2 Å². The number of carbonyl (C=O) groups excluding carboxylic acids is 1. The molecule has 2 rings (SSSR count).